The molecule has 2 heterocycles. The first-order chi connectivity index (χ1) is 22.9. The maximum Gasteiger partial charge on any atom is 0.255 e. The maximum absolute atomic E-state index is 14.1. The van der Waals surface area contributed by atoms with Gasteiger partial charge >= 0.3 is 0 Å². The van der Waals surface area contributed by atoms with Crippen LogP contribution in [0, 0.1) is 5.41 Å². The quantitative estimate of drug-likeness (QED) is 0.0878. The van der Waals surface area contributed by atoms with Gasteiger partial charge in [-0.15, -0.1) is 0 Å². The molecule has 2 aromatic heterocycles. The number of nitrogens with zero attached hydrogens (tertiary/aromatic N) is 2. The van der Waals surface area contributed by atoms with Crippen LogP contribution in [0.4, 0.5) is 11.4 Å². The van der Waals surface area contributed by atoms with Crippen molar-refractivity contribution in [1.82, 2.24) is 14.5 Å². The summed E-state index contributed by atoms with van der Waals surface area (Å²) < 4.78 is 2.01. The van der Waals surface area contributed by atoms with Crippen LogP contribution in [0.15, 0.2) is 134 Å². The standard InChI is InChI=1S/C38H31N7O2/c39-36(40)26-12-19-33-30(21-26)32(22-41-33)31(20-24-10-13-27(14-11-24)43-37(46)25-6-2-1-3-7-25)38(47)44-28-15-17-29(18-16-28)45-23-42-34-8-4-5-9-35(34)45/h1-19,21-23,31,41H,20H2,(H3,39,40)(H,43,46)(H,44,47). The van der Waals surface area contributed by atoms with Crippen molar-refractivity contribution < 1.29 is 9.59 Å². The third-order valence-corrected chi connectivity index (χ3v) is 8.27. The molecule has 0 aliphatic heterocycles. The Labute approximate surface area is 270 Å². The van der Waals surface area contributed by atoms with E-state index in [1.807, 2.05) is 114 Å². The Morgan fingerprint density at radius 1 is 0.809 bits per heavy atom. The molecule has 0 spiro atoms. The fourth-order valence-corrected chi connectivity index (χ4v) is 5.79. The van der Waals surface area contributed by atoms with E-state index in [2.05, 4.69) is 20.6 Å². The molecule has 9 nitrogen and oxygen atoms in total. The molecular formula is C38H31N7O2. The number of rotatable bonds is 9. The molecule has 7 rings (SSSR count). The van der Waals surface area contributed by atoms with Crippen LogP contribution in [-0.2, 0) is 11.2 Å². The second-order valence-electron chi connectivity index (χ2n) is 11.3. The van der Waals surface area contributed by atoms with Gasteiger partial charge in [0.1, 0.15) is 12.2 Å². The molecule has 230 valence electrons. The van der Waals surface area contributed by atoms with Crippen LogP contribution in [0.3, 0.4) is 0 Å². The molecule has 6 N–H and O–H groups in total. The molecule has 0 bridgehead atoms. The first-order valence-electron chi connectivity index (χ1n) is 15.2. The highest BCUT2D eigenvalue weighted by Crippen LogP contribution is 2.31. The van der Waals surface area contributed by atoms with Crippen molar-refractivity contribution in [3.8, 4) is 5.69 Å². The van der Waals surface area contributed by atoms with Gasteiger partial charge in [0.05, 0.1) is 17.0 Å². The van der Waals surface area contributed by atoms with Crippen molar-refractivity contribution in [3.63, 3.8) is 0 Å². The lowest BCUT2D eigenvalue weighted by molar-refractivity contribution is -0.117. The predicted molar refractivity (Wildman–Crippen MR) is 186 cm³/mol. The number of carbonyl (C=O) groups is 2. The van der Waals surface area contributed by atoms with Gasteiger partial charge in [-0.05, 0) is 96.4 Å². The number of carbonyl (C=O) groups excluding carboxylic acids is 2. The molecule has 9 heteroatoms. The SMILES string of the molecule is N=C(N)c1ccc2[nH]cc(C(Cc3ccc(NC(=O)c4ccccc4)cc3)C(=O)Nc3ccc(-n4cnc5ccccc54)cc3)c2c1. The lowest BCUT2D eigenvalue weighted by atomic mass is 9.90. The lowest BCUT2D eigenvalue weighted by Gasteiger charge is -2.18. The van der Waals surface area contributed by atoms with Crippen molar-refractivity contribution in [2.24, 2.45) is 5.73 Å². The Balaban J connectivity index is 1.15. The number of para-hydroxylation sites is 2. The molecular weight excluding hydrogens is 586 g/mol. The molecule has 2 amide bonds. The highest BCUT2D eigenvalue weighted by atomic mass is 16.2. The van der Waals surface area contributed by atoms with Crippen LogP contribution in [0.25, 0.3) is 27.6 Å². The summed E-state index contributed by atoms with van der Waals surface area (Å²) in [6, 6.07) is 37.6. The van der Waals surface area contributed by atoms with Gasteiger partial charge in [-0.25, -0.2) is 4.98 Å². The Morgan fingerprint density at radius 2 is 1.51 bits per heavy atom. The number of imidazole rings is 1. The average molecular weight is 618 g/mol. The third kappa shape index (κ3) is 6.10. The summed E-state index contributed by atoms with van der Waals surface area (Å²) in [5, 5.41) is 14.8. The van der Waals surface area contributed by atoms with Gasteiger partial charge in [-0.1, -0.05) is 42.5 Å². The fourth-order valence-electron chi connectivity index (χ4n) is 5.79. The van der Waals surface area contributed by atoms with Gasteiger partial charge in [0.15, 0.2) is 0 Å². The Kier molecular flexibility index (Phi) is 7.77. The minimum absolute atomic E-state index is 0.0426. The summed E-state index contributed by atoms with van der Waals surface area (Å²) in [6.45, 7) is 0. The van der Waals surface area contributed by atoms with Gasteiger partial charge in [0.2, 0.25) is 5.91 Å². The van der Waals surface area contributed by atoms with Crippen LogP contribution in [0.2, 0.25) is 0 Å². The molecule has 1 atom stereocenters. The van der Waals surface area contributed by atoms with Crippen LogP contribution < -0.4 is 16.4 Å². The molecule has 0 aliphatic rings. The third-order valence-electron chi connectivity index (χ3n) is 8.27. The van der Waals surface area contributed by atoms with E-state index in [0.29, 0.717) is 28.9 Å². The van der Waals surface area contributed by atoms with Gasteiger partial charge < -0.3 is 21.4 Å². The van der Waals surface area contributed by atoms with Crippen molar-refractivity contribution in [1.29, 1.82) is 5.41 Å². The van der Waals surface area contributed by atoms with Gasteiger partial charge in [-0.3, -0.25) is 19.6 Å². The number of H-pyrrole nitrogens is 1. The van der Waals surface area contributed by atoms with E-state index in [4.69, 9.17) is 11.1 Å². The largest absolute Gasteiger partial charge is 0.384 e. The Morgan fingerprint density at radius 3 is 2.28 bits per heavy atom. The minimum Gasteiger partial charge on any atom is -0.384 e. The van der Waals surface area contributed by atoms with E-state index in [1.165, 1.54) is 0 Å². The zero-order chi connectivity index (χ0) is 32.3. The van der Waals surface area contributed by atoms with E-state index < -0.39 is 5.92 Å². The summed E-state index contributed by atoms with van der Waals surface area (Å²) in [6.07, 6.45) is 4.04. The lowest BCUT2D eigenvalue weighted by Crippen LogP contribution is -2.23. The molecule has 1 unspecified atom stereocenters. The first-order valence-corrected chi connectivity index (χ1v) is 15.2. The molecule has 47 heavy (non-hydrogen) atoms. The second-order valence-corrected chi connectivity index (χ2v) is 11.3. The summed E-state index contributed by atoms with van der Waals surface area (Å²) >= 11 is 0. The number of fused-ring (bicyclic) bond motifs is 2. The van der Waals surface area contributed by atoms with Crippen LogP contribution in [-0.4, -0.2) is 32.2 Å². The van der Waals surface area contributed by atoms with E-state index in [9.17, 15) is 9.59 Å². The molecule has 0 radical (unpaired) electrons. The number of hydrogen-bond acceptors (Lipinski definition) is 4. The van der Waals surface area contributed by atoms with Crippen molar-refractivity contribution in [2.45, 2.75) is 12.3 Å². The van der Waals surface area contributed by atoms with Crippen LogP contribution in [0.5, 0.6) is 0 Å². The van der Waals surface area contributed by atoms with Crippen LogP contribution >= 0.6 is 0 Å². The van der Waals surface area contributed by atoms with Crippen molar-refractivity contribution in [2.75, 3.05) is 10.6 Å². The summed E-state index contributed by atoms with van der Waals surface area (Å²) in [5.41, 5.74) is 13.7. The van der Waals surface area contributed by atoms with E-state index in [1.54, 1.807) is 24.5 Å². The van der Waals surface area contributed by atoms with Gasteiger partial charge in [0.25, 0.3) is 5.91 Å². The van der Waals surface area contributed by atoms with Crippen molar-refractivity contribution in [3.05, 3.63) is 156 Å². The predicted octanol–water partition coefficient (Wildman–Crippen LogP) is 7.01. The Hall–Kier alpha value is -6.48. The summed E-state index contributed by atoms with van der Waals surface area (Å²) in [7, 11) is 0. The minimum atomic E-state index is -0.576. The number of nitrogens with two attached hydrogens (primary N) is 1. The maximum atomic E-state index is 14.1. The molecule has 0 saturated carbocycles. The second kappa shape index (κ2) is 12.5. The van der Waals surface area contributed by atoms with E-state index in [-0.39, 0.29) is 17.6 Å². The van der Waals surface area contributed by atoms with Gasteiger partial charge in [-0.2, -0.15) is 0 Å². The number of nitrogens with one attached hydrogen (secondary N) is 4. The van der Waals surface area contributed by atoms with Crippen LogP contribution in [0.1, 0.15) is 33.0 Å². The molecule has 0 fully saturated rings. The van der Waals surface area contributed by atoms with E-state index in [0.717, 1.165) is 38.8 Å². The van der Waals surface area contributed by atoms with Gasteiger partial charge in [0, 0.05) is 45.3 Å². The zero-order valence-corrected chi connectivity index (χ0v) is 25.3. The summed E-state index contributed by atoms with van der Waals surface area (Å²) in [4.78, 5) is 34.5. The molecule has 7 aromatic rings. The molecule has 5 aromatic carbocycles. The number of hydrogen-bond donors (Lipinski definition) is 5. The molecule has 0 aliphatic carbocycles. The number of amides is 2. The number of amidine groups is 1. The number of aromatic amines is 1. The normalized spacial score (nSPS) is 11.7. The molecule has 0 saturated heterocycles. The van der Waals surface area contributed by atoms with Crippen molar-refractivity contribution >= 4 is 51.0 Å². The fraction of sp³-hybridized carbons (Fsp3) is 0.0526. The topological polar surface area (TPSA) is 142 Å². The summed E-state index contributed by atoms with van der Waals surface area (Å²) in [5.74, 6) is -0.990. The number of benzene rings is 5. The monoisotopic (exact) mass is 617 g/mol. The highest BCUT2D eigenvalue weighted by Gasteiger charge is 2.25. The Bertz CT molecular complexity index is 2230. The number of aromatic nitrogens is 3. The first kappa shape index (κ1) is 29.2. The average Bonchev–Trinajstić information content (AvgIpc) is 3.73. The number of anilines is 2. The van der Waals surface area contributed by atoms with E-state index >= 15 is 0 Å². The highest BCUT2D eigenvalue weighted by molar-refractivity contribution is 6.04. The smallest absolute Gasteiger partial charge is 0.255 e. The number of nitrogen functional groups attached to an aromatic ring is 1. The zero-order valence-electron chi connectivity index (χ0n) is 25.3.